The maximum absolute atomic E-state index is 6.80. The van der Waals surface area contributed by atoms with Crippen molar-refractivity contribution >= 4 is 15.9 Å². The smallest absolute Gasteiger partial charge is 0.141 e. The van der Waals surface area contributed by atoms with E-state index >= 15 is 0 Å². The van der Waals surface area contributed by atoms with E-state index in [9.17, 15) is 0 Å². The van der Waals surface area contributed by atoms with Crippen LogP contribution in [0, 0.1) is 11.8 Å². The van der Waals surface area contributed by atoms with Gasteiger partial charge >= 0.3 is 0 Å². The van der Waals surface area contributed by atoms with E-state index in [4.69, 9.17) is 15.2 Å². The van der Waals surface area contributed by atoms with E-state index in [1.54, 1.807) is 14.2 Å². The molecule has 2 unspecified atom stereocenters. The second kappa shape index (κ2) is 6.57. The Hall–Kier alpha value is -0.740. The normalized spacial score (nSPS) is 26.0. The van der Waals surface area contributed by atoms with Crippen molar-refractivity contribution in [3.05, 3.63) is 22.2 Å². The average molecular weight is 356 g/mol. The van der Waals surface area contributed by atoms with Gasteiger partial charge in [-0.1, -0.05) is 26.7 Å². The molecule has 0 spiro atoms. The Morgan fingerprint density at radius 1 is 1.29 bits per heavy atom. The van der Waals surface area contributed by atoms with E-state index in [1.165, 1.54) is 12.8 Å². The number of halogens is 1. The fourth-order valence-electron chi connectivity index (χ4n) is 3.45. The van der Waals surface area contributed by atoms with Crippen LogP contribution >= 0.6 is 15.9 Å². The highest BCUT2D eigenvalue weighted by molar-refractivity contribution is 9.10. The van der Waals surface area contributed by atoms with Gasteiger partial charge in [-0.15, -0.1) is 0 Å². The van der Waals surface area contributed by atoms with Gasteiger partial charge in [-0.2, -0.15) is 0 Å². The van der Waals surface area contributed by atoms with Crippen LogP contribution in [0.2, 0.25) is 0 Å². The van der Waals surface area contributed by atoms with Crippen LogP contribution in [0.1, 0.15) is 45.1 Å². The average Bonchev–Trinajstić information content (AvgIpc) is 2.46. The monoisotopic (exact) mass is 355 g/mol. The van der Waals surface area contributed by atoms with Crippen LogP contribution in [0.3, 0.4) is 0 Å². The molecule has 2 N–H and O–H groups in total. The largest absolute Gasteiger partial charge is 0.495 e. The molecule has 0 saturated heterocycles. The van der Waals surface area contributed by atoms with E-state index in [1.807, 2.05) is 6.07 Å². The summed E-state index contributed by atoms with van der Waals surface area (Å²) in [6, 6.07) is 4.03. The number of rotatable bonds is 4. The summed E-state index contributed by atoms with van der Waals surface area (Å²) in [7, 11) is 3.35. The lowest BCUT2D eigenvalue weighted by Crippen LogP contribution is -2.42. The van der Waals surface area contributed by atoms with Crippen LogP contribution in [0.4, 0.5) is 0 Å². The molecule has 21 heavy (non-hydrogen) atoms. The summed E-state index contributed by atoms with van der Waals surface area (Å²) in [5, 5.41) is 0. The van der Waals surface area contributed by atoms with Crippen LogP contribution < -0.4 is 15.2 Å². The van der Waals surface area contributed by atoms with Gasteiger partial charge in [0.2, 0.25) is 0 Å². The van der Waals surface area contributed by atoms with Crippen molar-refractivity contribution in [1.29, 1.82) is 0 Å². The molecular weight excluding hydrogens is 330 g/mol. The van der Waals surface area contributed by atoms with Crippen molar-refractivity contribution in [3.8, 4) is 11.5 Å². The predicted octanol–water partition coefficient (Wildman–Crippen LogP) is 4.47. The Morgan fingerprint density at radius 3 is 2.57 bits per heavy atom. The number of benzene rings is 1. The summed E-state index contributed by atoms with van der Waals surface area (Å²) >= 11 is 3.58. The minimum absolute atomic E-state index is 0.312. The molecule has 1 saturated carbocycles. The SMILES string of the molecule is COc1ccc(C2(N)CCCC(C(C)C)C2)c(OC)c1Br. The molecule has 1 aromatic carbocycles. The molecule has 118 valence electrons. The standard InChI is InChI=1S/C17H26BrNO2/c1-11(2)12-6-5-9-17(19,10-12)13-7-8-14(20-3)15(18)16(13)21-4/h7-8,11-12H,5-6,9-10,19H2,1-4H3. The van der Waals surface area contributed by atoms with Crippen LogP contribution in [0.15, 0.2) is 16.6 Å². The molecule has 2 atom stereocenters. The van der Waals surface area contributed by atoms with Crippen molar-refractivity contribution < 1.29 is 9.47 Å². The van der Waals surface area contributed by atoms with Gasteiger partial charge in [0, 0.05) is 11.1 Å². The van der Waals surface area contributed by atoms with Crippen LogP contribution in [0.25, 0.3) is 0 Å². The summed E-state index contributed by atoms with van der Waals surface area (Å²) in [5.41, 5.74) is 7.58. The third kappa shape index (κ3) is 3.21. The molecule has 1 aromatic rings. The molecule has 0 aliphatic heterocycles. The Balaban J connectivity index is 2.42. The molecule has 0 heterocycles. The Bertz CT molecular complexity index is 504. The van der Waals surface area contributed by atoms with Crippen molar-refractivity contribution in [1.82, 2.24) is 0 Å². The van der Waals surface area contributed by atoms with E-state index in [0.717, 1.165) is 34.4 Å². The van der Waals surface area contributed by atoms with Gasteiger partial charge in [0.1, 0.15) is 16.0 Å². The third-order valence-electron chi connectivity index (χ3n) is 4.79. The predicted molar refractivity (Wildman–Crippen MR) is 89.9 cm³/mol. The lowest BCUT2D eigenvalue weighted by molar-refractivity contribution is 0.180. The van der Waals surface area contributed by atoms with Crippen molar-refractivity contribution in [2.24, 2.45) is 17.6 Å². The lowest BCUT2D eigenvalue weighted by Gasteiger charge is -2.40. The minimum atomic E-state index is -0.312. The fourth-order valence-corrected chi connectivity index (χ4v) is 4.12. The number of nitrogens with two attached hydrogens (primary N) is 1. The van der Waals surface area contributed by atoms with E-state index in [2.05, 4.69) is 35.8 Å². The molecule has 0 amide bonds. The molecular formula is C17H26BrNO2. The molecule has 1 aliphatic carbocycles. The van der Waals surface area contributed by atoms with Gasteiger partial charge < -0.3 is 15.2 Å². The van der Waals surface area contributed by atoms with Gasteiger partial charge in [-0.3, -0.25) is 0 Å². The van der Waals surface area contributed by atoms with Gasteiger partial charge in [-0.05, 0) is 52.7 Å². The molecule has 1 fully saturated rings. The van der Waals surface area contributed by atoms with Crippen LogP contribution in [0.5, 0.6) is 11.5 Å². The zero-order valence-corrected chi connectivity index (χ0v) is 15.0. The van der Waals surface area contributed by atoms with Gasteiger partial charge in [0.25, 0.3) is 0 Å². The van der Waals surface area contributed by atoms with Crippen LogP contribution in [-0.4, -0.2) is 14.2 Å². The second-order valence-corrected chi connectivity index (χ2v) is 7.21. The lowest BCUT2D eigenvalue weighted by atomic mass is 9.69. The van der Waals surface area contributed by atoms with Crippen molar-refractivity contribution in [3.63, 3.8) is 0 Å². The summed E-state index contributed by atoms with van der Waals surface area (Å²) in [6.45, 7) is 4.58. The minimum Gasteiger partial charge on any atom is -0.495 e. The zero-order chi connectivity index (χ0) is 15.6. The molecule has 0 radical (unpaired) electrons. The van der Waals surface area contributed by atoms with Gasteiger partial charge in [0.15, 0.2) is 0 Å². The topological polar surface area (TPSA) is 44.5 Å². The number of ether oxygens (including phenoxy) is 2. The van der Waals surface area contributed by atoms with E-state index in [0.29, 0.717) is 11.8 Å². The summed E-state index contributed by atoms with van der Waals surface area (Å²) < 4.78 is 11.8. The summed E-state index contributed by atoms with van der Waals surface area (Å²) in [5.74, 6) is 2.92. The third-order valence-corrected chi connectivity index (χ3v) is 5.54. The number of methoxy groups -OCH3 is 2. The first-order chi connectivity index (χ1) is 9.92. The highest BCUT2D eigenvalue weighted by Gasteiger charge is 2.38. The quantitative estimate of drug-likeness (QED) is 0.866. The first-order valence-electron chi connectivity index (χ1n) is 7.62. The van der Waals surface area contributed by atoms with Crippen molar-refractivity contribution in [2.45, 2.75) is 45.1 Å². The molecule has 4 heteroatoms. The van der Waals surface area contributed by atoms with Gasteiger partial charge in [0.05, 0.1) is 14.2 Å². The molecule has 0 bridgehead atoms. The number of hydrogen-bond acceptors (Lipinski definition) is 3. The van der Waals surface area contributed by atoms with E-state index < -0.39 is 0 Å². The van der Waals surface area contributed by atoms with E-state index in [-0.39, 0.29) is 5.54 Å². The summed E-state index contributed by atoms with van der Waals surface area (Å²) in [4.78, 5) is 0. The highest BCUT2D eigenvalue weighted by Crippen LogP contribution is 2.47. The van der Waals surface area contributed by atoms with Crippen LogP contribution in [-0.2, 0) is 5.54 Å². The molecule has 2 rings (SSSR count). The fraction of sp³-hybridized carbons (Fsp3) is 0.647. The number of hydrogen-bond donors (Lipinski definition) is 1. The van der Waals surface area contributed by atoms with Gasteiger partial charge in [-0.25, -0.2) is 0 Å². The first kappa shape index (κ1) is 16.6. The second-order valence-electron chi connectivity index (χ2n) is 6.42. The van der Waals surface area contributed by atoms with Crippen molar-refractivity contribution in [2.75, 3.05) is 14.2 Å². The Kier molecular flexibility index (Phi) is 5.20. The maximum atomic E-state index is 6.80. The molecule has 3 nitrogen and oxygen atoms in total. The zero-order valence-electron chi connectivity index (χ0n) is 13.4. The Morgan fingerprint density at radius 2 is 2.00 bits per heavy atom. The Labute approximate surface area is 136 Å². The summed E-state index contributed by atoms with van der Waals surface area (Å²) in [6.07, 6.45) is 4.47. The maximum Gasteiger partial charge on any atom is 0.141 e. The highest BCUT2D eigenvalue weighted by atomic mass is 79.9. The first-order valence-corrected chi connectivity index (χ1v) is 8.42. The molecule has 0 aromatic heterocycles. The molecule has 1 aliphatic rings.